The van der Waals surface area contributed by atoms with Crippen molar-refractivity contribution >= 4 is 41.2 Å². The van der Waals surface area contributed by atoms with Crippen LogP contribution in [-0.2, 0) is 49.5 Å². The number of rotatable bonds is 16. The molecule has 15 heteroatoms. The first-order valence-corrected chi connectivity index (χ1v) is 14.4. The zero-order chi connectivity index (χ0) is 33.8. The first-order valence-electron chi connectivity index (χ1n) is 14.4. The van der Waals surface area contributed by atoms with E-state index >= 15 is 0 Å². The summed E-state index contributed by atoms with van der Waals surface area (Å²) in [7, 11) is 0. The Morgan fingerprint density at radius 2 is 1.61 bits per heavy atom. The van der Waals surface area contributed by atoms with Crippen LogP contribution in [-0.4, -0.2) is 77.7 Å². The molecule has 1 aliphatic rings. The third-order valence-corrected chi connectivity index (χ3v) is 6.76. The van der Waals surface area contributed by atoms with Gasteiger partial charge in [-0.15, -0.1) is 0 Å². The van der Waals surface area contributed by atoms with Crippen molar-refractivity contribution in [1.82, 2.24) is 16.0 Å². The van der Waals surface area contributed by atoms with Gasteiger partial charge in [-0.05, 0) is 43.0 Å². The average Bonchev–Trinajstić information content (AvgIpc) is 3.26. The second-order valence-corrected chi connectivity index (χ2v) is 10.5. The molecule has 0 spiro atoms. The molecule has 1 heterocycles. The summed E-state index contributed by atoms with van der Waals surface area (Å²) in [6, 6.07) is 8.88. The molecule has 2 aromatic carbocycles. The highest BCUT2D eigenvalue weighted by molar-refractivity contribution is 6.65. The van der Waals surface area contributed by atoms with Crippen LogP contribution < -0.4 is 16.0 Å². The molecule has 1 saturated heterocycles. The lowest BCUT2D eigenvalue weighted by Crippen LogP contribution is -2.49. The van der Waals surface area contributed by atoms with Crippen LogP contribution in [0.2, 0.25) is 0 Å². The van der Waals surface area contributed by atoms with Crippen LogP contribution in [0.5, 0.6) is 0 Å². The van der Waals surface area contributed by atoms with Crippen LogP contribution in [0, 0.1) is 11.6 Å². The highest BCUT2D eigenvalue weighted by atomic mass is 19.1. The monoisotopic (exact) mass is 645 g/mol. The molecule has 2 aromatic rings. The highest BCUT2D eigenvalue weighted by Gasteiger charge is 2.46. The number of Topliss-reactive ketones (excluding diaryl/α,β-unsaturated/α-hetero) is 2. The van der Waals surface area contributed by atoms with E-state index in [0.29, 0.717) is 30.9 Å². The topological polar surface area (TPSA) is 194 Å². The van der Waals surface area contributed by atoms with Gasteiger partial charge in [0.05, 0.1) is 6.42 Å². The van der Waals surface area contributed by atoms with E-state index in [1.54, 1.807) is 30.3 Å². The second kappa shape index (κ2) is 16.9. The maximum Gasteiger partial charge on any atom is 0.383 e. The summed E-state index contributed by atoms with van der Waals surface area (Å²) in [5.74, 6) is -8.18. The van der Waals surface area contributed by atoms with Crippen molar-refractivity contribution < 1.29 is 56.9 Å². The Bertz CT molecular complexity index is 1450. The Balaban J connectivity index is 1.40. The maximum absolute atomic E-state index is 13.4. The number of hydrogen-bond donors (Lipinski definition) is 4. The standard InChI is InChI=1S/C31H33F2N3O10/c1-17(35-23(38)14-18-12-20(32)15-21(33)13-18)29(42)36-25(19-8-4-2-5-9-19)30(43)34-11-7-3-6-10-24(39)45-16-22(37)28-26(40)27(41)31(44)46-28/h2,4-5,8-9,12-13,15,17,22,25,28,37H,3,6-7,10-11,14,16H2,1H3,(H,34,43)(H,35,38)(H,36,42)/t17-,22?,25-,28?/m0/s1. The van der Waals surface area contributed by atoms with Crippen LogP contribution in [0.4, 0.5) is 8.78 Å². The number of carbonyl (C=O) groups is 7. The van der Waals surface area contributed by atoms with Gasteiger partial charge in [0.1, 0.15) is 36.4 Å². The lowest BCUT2D eigenvalue weighted by molar-refractivity contribution is -0.156. The normalized spacial score (nSPS) is 16.2. The zero-order valence-electron chi connectivity index (χ0n) is 24.8. The molecule has 13 nitrogen and oxygen atoms in total. The predicted octanol–water partition coefficient (Wildman–Crippen LogP) is 0.514. The lowest BCUT2D eigenvalue weighted by Gasteiger charge is -2.22. The summed E-state index contributed by atoms with van der Waals surface area (Å²) >= 11 is 0. The number of unbranched alkanes of at least 4 members (excludes halogenated alkanes) is 2. The third-order valence-electron chi connectivity index (χ3n) is 6.76. The van der Waals surface area contributed by atoms with Crippen LogP contribution in [0.15, 0.2) is 48.5 Å². The first-order chi connectivity index (χ1) is 21.8. The maximum atomic E-state index is 13.4. The number of aliphatic hydroxyl groups excluding tert-OH is 1. The number of nitrogens with one attached hydrogen (secondary N) is 3. The minimum Gasteiger partial charge on any atom is -0.463 e. The van der Waals surface area contributed by atoms with E-state index < -0.39 is 83.8 Å². The number of hydrogen-bond acceptors (Lipinski definition) is 10. The largest absolute Gasteiger partial charge is 0.463 e. The van der Waals surface area contributed by atoms with Gasteiger partial charge in [0.25, 0.3) is 5.78 Å². The Hall–Kier alpha value is -5.05. The van der Waals surface area contributed by atoms with Crippen LogP contribution >= 0.6 is 0 Å². The second-order valence-electron chi connectivity index (χ2n) is 10.5. The lowest BCUT2D eigenvalue weighted by atomic mass is 10.1. The van der Waals surface area contributed by atoms with E-state index in [1.807, 2.05) is 0 Å². The molecule has 0 aliphatic carbocycles. The van der Waals surface area contributed by atoms with E-state index in [2.05, 4.69) is 20.7 Å². The molecule has 1 fully saturated rings. The molecule has 1 aliphatic heterocycles. The number of amides is 3. The molecule has 4 N–H and O–H groups in total. The molecular weight excluding hydrogens is 612 g/mol. The molecule has 4 atom stereocenters. The quantitative estimate of drug-likeness (QED) is 0.114. The fourth-order valence-electron chi connectivity index (χ4n) is 4.40. The van der Waals surface area contributed by atoms with Gasteiger partial charge < -0.3 is 30.5 Å². The molecule has 0 saturated carbocycles. The Kier molecular flexibility index (Phi) is 13.0. The van der Waals surface area contributed by atoms with Crippen LogP contribution in [0.25, 0.3) is 0 Å². The fraction of sp³-hybridized carbons (Fsp3) is 0.387. The molecule has 3 amide bonds. The zero-order valence-corrected chi connectivity index (χ0v) is 24.8. The molecule has 0 bridgehead atoms. The third kappa shape index (κ3) is 10.5. The van der Waals surface area contributed by atoms with E-state index in [9.17, 15) is 47.4 Å². The summed E-state index contributed by atoms with van der Waals surface area (Å²) in [5.41, 5.74) is 0.565. The first kappa shape index (κ1) is 35.4. The van der Waals surface area contributed by atoms with E-state index in [0.717, 1.165) is 12.1 Å². The van der Waals surface area contributed by atoms with Gasteiger partial charge in [0.2, 0.25) is 17.7 Å². The van der Waals surface area contributed by atoms with Gasteiger partial charge in [0.15, 0.2) is 6.10 Å². The summed E-state index contributed by atoms with van der Waals surface area (Å²) in [5, 5.41) is 17.7. The molecular formula is C31H33F2N3O10. The van der Waals surface area contributed by atoms with Gasteiger partial charge >= 0.3 is 17.7 Å². The number of benzene rings is 2. The van der Waals surface area contributed by atoms with Crippen molar-refractivity contribution in [2.45, 2.75) is 63.3 Å². The van der Waals surface area contributed by atoms with Gasteiger partial charge in [-0.1, -0.05) is 36.8 Å². The molecule has 3 rings (SSSR count). The van der Waals surface area contributed by atoms with Crippen LogP contribution in [0.3, 0.4) is 0 Å². The number of cyclic esters (lactones) is 1. The number of aliphatic hydroxyl groups is 1. The van der Waals surface area contributed by atoms with Crippen molar-refractivity contribution in [1.29, 1.82) is 0 Å². The van der Waals surface area contributed by atoms with Gasteiger partial charge in [-0.2, -0.15) is 0 Å². The van der Waals surface area contributed by atoms with E-state index in [4.69, 9.17) is 4.74 Å². The highest BCUT2D eigenvalue weighted by Crippen LogP contribution is 2.15. The summed E-state index contributed by atoms with van der Waals surface area (Å²) in [6.07, 6.45) is -2.48. The molecule has 246 valence electrons. The fourth-order valence-corrected chi connectivity index (χ4v) is 4.40. The summed E-state index contributed by atoms with van der Waals surface area (Å²) < 4.78 is 36.2. The number of esters is 2. The minimum absolute atomic E-state index is 0.0432. The molecule has 2 unspecified atom stereocenters. The number of carbonyl (C=O) groups excluding carboxylic acids is 7. The van der Waals surface area contributed by atoms with Crippen molar-refractivity contribution in [3.8, 4) is 0 Å². The van der Waals surface area contributed by atoms with Gasteiger partial charge in [-0.3, -0.25) is 28.8 Å². The van der Waals surface area contributed by atoms with E-state index in [-0.39, 0.29) is 24.9 Å². The molecule has 0 radical (unpaired) electrons. The van der Waals surface area contributed by atoms with Gasteiger partial charge in [0, 0.05) is 19.0 Å². The predicted molar refractivity (Wildman–Crippen MR) is 153 cm³/mol. The van der Waals surface area contributed by atoms with E-state index in [1.165, 1.54) is 6.92 Å². The molecule has 0 aromatic heterocycles. The number of ketones is 2. The molecule has 46 heavy (non-hydrogen) atoms. The van der Waals surface area contributed by atoms with Crippen LogP contribution in [0.1, 0.15) is 49.8 Å². The summed E-state index contributed by atoms with van der Waals surface area (Å²) in [6.45, 7) is 0.953. The Morgan fingerprint density at radius 1 is 0.935 bits per heavy atom. The van der Waals surface area contributed by atoms with Crippen molar-refractivity contribution in [3.63, 3.8) is 0 Å². The Labute approximate surface area is 262 Å². The van der Waals surface area contributed by atoms with Crippen molar-refractivity contribution in [3.05, 3.63) is 71.3 Å². The number of halogens is 2. The smallest absolute Gasteiger partial charge is 0.383 e. The Morgan fingerprint density at radius 3 is 2.24 bits per heavy atom. The van der Waals surface area contributed by atoms with Gasteiger partial charge in [-0.25, -0.2) is 13.6 Å². The average molecular weight is 646 g/mol. The minimum atomic E-state index is -1.71. The SMILES string of the molecule is C[C@H](NC(=O)Cc1cc(F)cc(F)c1)C(=O)N[C@H](C(=O)NCCCCCC(=O)OCC(O)C1OC(=O)C(=O)C1=O)c1ccccc1. The van der Waals surface area contributed by atoms with Crippen molar-refractivity contribution in [2.75, 3.05) is 13.2 Å². The van der Waals surface area contributed by atoms with Crippen molar-refractivity contribution in [2.24, 2.45) is 0 Å². The number of ether oxygens (including phenoxy) is 2. The summed E-state index contributed by atoms with van der Waals surface area (Å²) in [4.78, 5) is 84.1.